The third-order valence-electron chi connectivity index (χ3n) is 13.3. The van der Waals surface area contributed by atoms with Gasteiger partial charge in [0, 0.05) is 98.5 Å². The van der Waals surface area contributed by atoms with Crippen molar-refractivity contribution in [3.8, 4) is 11.8 Å². The highest BCUT2D eigenvalue weighted by molar-refractivity contribution is 6.31. The summed E-state index contributed by atoms with van der Waals surface area (Å²) in [5.74, 6) is -0.273. The molecule has 4 amide bonds. The Kier molecular flexibility index (Phi) is 10.9. The Balaban J connectivity index is 0.919. The number of hydrogen-bond donors (Lipinski definition) is 3. The third kappa shape index (κ3) is 7.53. The van der Waals surface area contributed by atoms with Gasteiger partial charge in [-0.2, -0.15) is 5.26 Å². The van der Waals surface area contributed by atoms with Crippen molar-refractivity contribution in [1.82, 2.24) is 30.7 Å². The molecule has 59 heavy (non-hydrogen) atoms. The van der Waals surface area contributed by atoms with E-state index in [1.54, 1.807) is 36.5 Å². The number of carbonyl (C=O) groups excluding carboxylic acids is 4. The lowest BCUT2D eigenvalue weighted by atomic mass is 9.49. The highest BCUT2D eigenvalue weighted by atomic mass is 35.5. The molecule has 4 fully saturated rings. The molecule has 3 N–H and O–H groups in total. The lowest BCUT2D eigenvalue weighted by molar-refractivity contribution is -0.164. The van der Waals surface area contributed by atoms with Crippen molar-refractivity contribution in [3.05, 3.63) is 87.3 Å². The maximum absolute atomic E-state index is 16.2. The Hall–Kier alpha value is -5.10. The molecule has 0 spiro atoms. The first-order valence-electron chi connectivity index (χ1n) is 20.5. The van der Waals surface area contributed by atoms with Crippen molar-refractivity contribution >= 4 is 41.0 Å². The van der Waals surface area contributed by atoms with Crippen LogP contribution in [-0.2, 0) is 16.1 Å². The number of aromatic nitrogens is 1. The molecule has 0 radical (unpaired) electrons. The summed E-state index contributed by atoms with van der Waals surface area (Å²) in [5, 5.41) is 18.5. The van der Waals surface area contributed by atoms with Gasteiger partial charge in [0.2, 0.25) is 11.8 Å². The number of nitrogens with one attached hydrogen (secondary N) is 3. The zero-order valence-corrected chi connectivity index (χ0v) is 34.6. The predicted octanol–water partition coefficient (Wildman–Crippen LogP) is 4.98. The molecular formula is C44H50ClFN8O5. The lowest BCUT2D eigenvalue weighted by Gasteiger charge is -2.63. The van der Waals surface area contributed by atoms with E-state index in [1.807, 2.05) is 6.07 Å². The number of imide groups is 1. The molecule has 2 aromatic carbocycles. The van der Waals surface area contributed by atoms with Gasteiger partial charge < -0.3 is 25.2 Å². The van der Waals surface area contributed by atoms with Gasteiger partial charge in [0.15, 0.2) is 0 Å². The van der Waals surface area contributed by atoms with Gasteiger partial charge in [0.1, 0.15) is 35.6 Å². The van der Waals surface area contributed by atoms with Gasteiger partial charge >= 0.3 is 0 Å². The van der Waals surface area contributed by atoms with Gasteiger partial charge in [-0.05, 0) is 67.1 Å². The molecule has 1 aliphatic carbocycles. The SMILES string of the molecule is CC1(C)C(NC(=O)c2ccc(N3CCC(C(c4cc5c(cc4F)CN(C4CCC(=O)NC4=O)C5=O)N4CCNCC4)CC3)nc2)C(C)(C)C1Oc1ccc(C#N)c(Cl)c1. The number of halogens is 2. The number of piperidine rings is 2. The zero-order valence-electron chi connectivity index (χ0n) is 33.8. The summed E-state index contributed by atoms with van der Waals surface area (Å²) in [6.45, 7) is 12.8. The molecule has 1 aromatic heterocycles. The van der Waals surface area contributed by atoms with E-state index < -0.39 is 22.8 Å². The Morgan fingerprint density at radius 2 is 1.75 bits per heavy atom. The minimum Gasteiger partial charge on any atom is -0.489 e. The van der Waals surface area contributed by atoms with Gasteiger partial charge in [-0.15, -0.1) is 0 Å². The first kappa shape index (κ1) is 40.7. The predicted molar refractivity (Wildman–Crippen MR) is 218 cm³/mol. The normalized spacial score (nSPS) is 24.8. The van der Waals surface area contributed by atoms with Gasteiger partial charge in [0.05, 0.1) is 16.1 Å². The Bertz CT molecular complexity index is 2200. The maximum Gasteiger partial charge on any atom is 0.255 e. The summed E-state index contributed by atoms with van der Waals surface area (Å²) in [6, 6.07) is 12.7. The highest BCUT2D eigenvalue weighted by Gasteiger charge is 2.64. The van der Waals surface area contributed by atoms with Crippen LogP contribution < -0.4 is 25.6 Å². The number of carbonyl (C=O) groups is 4. The smallest absolute Gasteiger partial charge is 0.255 e. The summed E-state index contributed by atoms with van der Waals surface area (Å²) < 4.78 is 22.6. The first-order chi connectivity index (χ1) is 28.2. The Labute approximate surface area is 348 Å². The van der Waals surface area contributed by atoms with Crippen LogP contribution in [0.4, 0.5) is 10.2 Å². The van der Waals surface area contributed by atoms with Crippen LogP contribution in [0.15, 0.2) is 48.7 Å². The van der Waals surface area contributed by atoms with Gasteiger partial charge in [-0.1, -0.05) is 39.3 Å². The Morgan fingerprint density at radius 3 is 2.39 bits per heavy atom. The number of amides is 4. The number of fused-ring (bicyclic) bond motifs is 1. The topological polar surface area (TPSA) is 160 Å². The number of rotatable bonds is 9. The van der Waals surface area contributed by atoms with Crippen molar-refractivity contribution < 1.29 is 28.3 Å². The average molecular weight is 825 g/mol. The van der Waals surface area contributed by atoms with E-state index in [1.165, 1.54) is 11.0 Å². The number of piperazine rings is 1. The minimum atomic E-state index is -0.762. The minimum absolute atomic E-state index is 0.112. The number of hydrogen-bond acceptors (Lipinski definition) is 10. The number of nitriles is 1. The second-order valence-corrected chi connectivity index (χ2v) is 18.1. The molecule has 5 aliphatic rings. The molecule has 5 heterocycles. The van der Waals surface area contributed by atoms with E-state index in [2.05, 4.69) is 59.5 Å². The van der Waals surface area contributed by atoms with E-state index >= 15 is 4.39 Å². The number of anilines is 1. The van der Waals surface area contributed by atoms with Crippen molar-refractivity contribution in [2.45, 2.75) is 84.2 Å². The van der Waals surface area contributed by atoms with E-state index in [0.717, 1.165) is 44.8 Å². The summed E-state index contributed by atoms with van der Waals surface area (Å²) in [4.78, 5) is 62.4. The van der Waals surface area contributed by atoms with E-state index in [-0.39, 0.29) is 67.0 Å². The van der Waals surface area contributed by atoms with E-state index in [4.69, 9.17) is 21.3 Å². The van der Waals surface area contributed by atoms with Gasteiger partial charge in [-0.25, -0.2) is 9.37 Å². The molecule has 0 bridgehead atoms. The van der Waals surface area contributed by atoms with Crippen LogP contribution in [0.25, 0.3) is 0 Å². The molecule has 2 unspecified atom stereocenters. The maximum atomic E-state index is 16.2. The van der Waals surface area contributed by atoms with Crippen LogP contribution in [-0.4, -0.2) is 95.9 Å². The molecule has 4 aliphatic heterocycles. The standard InChI is InChI=1S/C44H50ClFN8O5/c1-43(2)41(44(3,4)42(43)59-29-7-5-26(22-47)32(45)20-29)51-38(56)27-6-9-35(49-23-27)52-15-11-25(12-16-52)37(53-17-13-48-14-18-53)31-21-30-28(19-33(31)46)24-54(40(30)58)34-8-10-36(55)50-39(34)57/h5-7,9,19-21,23,25,34,37,41-42,48H,8,10-18,24H2,1-4H3,(H,51,56)(H,50,55,57). The largest absolute Gasteiger partial charge is 0.489 e. The Morgan fingerprint density at radius 1 is 1.02 bits per heavy atom. The van der Waals surface area contributed by atoms with Gasteiger partial charge in [-0.3, -0.25) is 29.4 Å². The fourth-order valence-corrected chi connectivity index (χ4v) is 10.7. The molecular weight excluding hydrogens is 775 g/mol. The third-order valence-corrected chi connectivity index (χ3v) is 13.6. The summed E-state index contributed by atoms with van der Waals surface area (Å²) in [7, 11) is 0. The monoisotopic (exact) mass is 824 g/mol. The fourth-order valence-electron chi connectivity index (χ4n) is 10.5. The molecule has 310 valence electrons. The molecule has 2 atom stereocenters. The second kappa shape index (κ2) is 15.8. The van der Waals surface area contributed by atoms with E-state index in [0.29, 0.717) is 51.7 Å². The highest BCUT2D eigenvalue weighted by Crippen LogP contribution is 2.55. The summed E-state index contributed by atoms with van der Waals surface area (Å²) in [5.41, 5.74) is 1.50. The lowest BCUT2D eigenvalue weighted by Crippen LogP contribution is -2.74. The quantitative estimate of drug-likeness (QED) is 0.251. The molecule has 3 saturated heterocycles. The molecule has 3 aromatic rings. The number of benzene rings is 2. The number of nitrogens with zero attached hydrogens (tertiary/aromatic N) is 5. The second-order valence-electron chi connectivity index (χ2n) is 17.7. The van der Waals surface area contributed by atoms with Crippen LogP contribution in [0.1, 0.15) is 96.8 Å². The fraction of sp³-hybridized carbons (Fsp3) is 0.500. The first-order valence-corrected chi connectivity index (χ1v) is 20.8. The number of pyridine rings is 1. The average Bonchev–Trinajstić information content (AvgIpc) is 3.53. The van der Waals surface area contributed by atoms with Crippen molar-refractivity contribution in [1.29, 1.82) is 5.26 Å². The van der Waals surface area contributed by atoms with Crippen LogP contribution in [0.2, 0.25) is 5.02 Å². The van der Waals surface area contributed by atoms with Crippen LogP contribution in [0.3, 0.4) is 0 Å². The number of ether oxygens (including phenoxy) is 1. The van der Waals surface area contributed by atoms with Crippen LogP contribution >= 0.6 is 11.6 Å². The van der Waals surface area contributed by atoms with Crippen LogP contribution in [0.5, 0.6) is 5.75 Å². The summed E-state index contributed by atoms with van der Waals surface area (Å²) in [6.07, 6.45) is 3.34. The van der Waals surface area contributed by atoms with Crippen molar-refractivity contribution in [3.63, 3.8) is 0 Å². The molecule has 8 rings (SSSR count). The van der Waals surface area contributed by atoms with Crippen molar-refractivity contribution in [2.24, 2.45) is 16.7 Å². The van der Waals surface area contributed by atoms with Crippen molar-refractivity contribution in [2.75, 3.05) is 44.2 Å². The zero-order chi connectivity index (χ0) is 41.8. The molecule has 13 nitrogen and oxygen atoms in total. The van der Waals surface area contributed by atoms with Crippen LogP contribution in [0, 0.1) is 33.9 Å². The van der Waals surface area contributed by atoms with E-state index in [9.17, 15) is 24.4 Å². The summed E-state index contributed by atoms with van der Waals surface area (Å²) >= 11 is 6.26. The molecule has 1 saturated carbocycles. The van der Waals surface area contributed by atoms with Gasteiger partial charge in [0.25, 0.3) is 11.8 Å². The molecule has 15 heteroatoms.